The number of hydrogen-bond donors (Lipinski definition) is 1. The van der Waals surface area contributed by atoms with Crippen LogP contribution in [0, 0.1) is 0 Å². The Morgan fingerprint density at radius 2 is 2.07 bits per heavy atom. The molecule has 14 heavy (non-hydrogen) atoms. The van der Waals surface area contributed by atoms with Crippen LogP contribution in [0.3, 0.4) is 0 Å². The van der Waals surface area contributed by atoms with E-state index >= 15 is 0 Å². The van der Waals surface area contributed by atoms with Crippen molar-refractivity contribution in [1.29, 1.82) is 0 Å². The summed E-state index contributed by atoms with van der Waals surface area (Å²) in [5, 5.41) is 2.37. The Morgan fingerprint density at radius 1 is 1.43 bits per heavy atom. The first kappa shape index (κ1) is 13.0. The zero-order valence-corrected chi connectivity index (χ0v) is 8.47. The van der Waals surface area contributed by atoms with Crippen molar-refractivity contribution in [2.75, 3.05) is 12.3 Å². The molecule has 0 aliphatic rings. The third-order valence-corrected chi connectivity index (χ3v) is 1.95. The van der Waals surface area contributed by atoms with Crippen molar-refractivity contribution in [3.63, 3.8) is 0 Å². The third kappa shape index (κ3) is 7.63. The van der Waals surface area contributed by atoms with Crippen molar-refractivity contribution in [2.24, 2.45) is 0 Å². The smallest absolute Gasteiger partial charge is 0.220 e. The van der Waals surface area contributed by atoms with Gasteiger partial charge in [-0.3, -0.25) is 13.8 Å². The van der Waals surface area contributed by atoms with Gasteiger partial charge in [0.2, 0.25) is 5.91 Å². The van der Waals surface area contributed by atoms with Gasteiger partial charge in [-0.1, -0.05) is 17.7 Å². The topological polar surface area (TPSA) is 86.3 Å². The number of allylic oxidation sites excluding steroid dienone is 1. The van der Waals surface area contributed by atoms with Crippen LogP contribution in [0.4, 0.5) is 0 Å². The molecule has 0 rings (SSSR count). The SMILES string of the molecule is C=CC(=O)CCC(=O)NCCS(=O)[O-]. The van der Waals surface area contributed by atoms with Crippen LogP contribution < -0.4 is 5.32 Å². The van der Waals surface area contributed by atoms with E-state index in [9.17, 15) is 18.4 Å². The van der Waals surface area contributed by atoms with Gasteiger partial charge in [0, 0.05) is 25.1 Å². The summed E-state index contributed by atoms with van der Waals surface area (Å²) in [5.41, 5.74) is 0. The second-order valence-corrected chi connectivity index (χ2v) is 3.54. The summed E-state index contributed by atoms with van der Waals surface area (Å²) in [4.78, 5) is 21.6. The highest BCUT2D eigenvalue weighted by Crippen LogP contribution is 1.91. The lowest BCUT2D eigenvalue weighted by Crippen LogP contribution is -2.27. The second-order valence-electron chi connectivity index (χ2n) is 2.53. The van der Waals surface area contributed by atoms with Gasteiger partial charge in [0.15, 0.2) is 5.78 Å². The largest absolute Gasteiger partial charge is 0.772 e. The molecule has 0 aromatic heterocycles. The molecule has 0 aromatic rings. The molecule has 0 saturated heterocycles. The standard InChI is InChI=1S/C8H13NO4S/c1-2-7(10)3-4-8(11)9-5-6-14(12)13/h2H,1,3-6H2,(H,9,11)(H,12,13)/p-1. The zero-order chi connectivity index (χ0) is 11.0. The molecule has 0 saturated carbocycles. The highest BCUT2D eigenvalue weighted by molar-refractivity contribution is 7.79. The van der Waals surface area contributed by atoms with Crippen molar-refractivity contribution in [1.82, 2.24) is 5.32 Å². The van der Waals surface area contributed by atoms with Gasteiger partial charge in [0.05, 0.1) is 0 Å². The minimum absolute atomic E-state index is 0.0658. The Kier molecular flexibility index (Phi) is 6.87. The van der Waals surface area contributed by atoms with Crippen molar-refractivity contribution in [2.45, 2.75) is 12.8 Å². The molecule has 0 aliphatic heterocycles. The molecule has 1 amide bonds. The van der Waals surface area contributed by atoms with Gasteiger partial charge in [0.1, 0.15) is 0 Å². The summed E-state index contributed by atoms with van der Waals surface area (Å²) in [7, 11) is 0. The monoisotopic (exact) mass is 218 g/mol. The van der Waals surface area contributed by atoms with Gasteiger partial charge < -0.3 is 9.87 Å². The zero-order valence-electron chi connectivity index (χ0n) is 7.65. The van der Waals surface area contributed by atoms with E-state index in [1.165, 1.54) is 0 Å². The van der Waals surface area contributed by atoms with Crippen LogP contribution in [0.2, 0.25) is 0 Å². The van der Waals surface area contributed by atoms with E-state index in [2.05, 4.69) is 11.9 Å². The number of carbonyl (C=O) groups excluding carboxylic acids is 2. The number of hydrogen-bond acceptors (Lipinski definition) is 4. The Labute approximate surface area is 84.9 Å². The number of ketones is 1. The summed E-state index contributed by atoms with van der Waals surface area (Å²) in [6.45, 7) is 3.34. The number of carbonyl (C=O) groups is 2. The van der Waals surface area contributed by atoms with Crippen molar-refractivity contribution in [3.8, 4) is 0 Å². The maximum Gasteiger partial charge on any atom is 0.220 e. The predicted octanol–water partition coefficient (Wildman–Crippen LogP) is -0.483. The lowest BCUT2D eigenvalue weighted by atomic mass is 10.2. The van der Waals surface area contributed by atoms with E-state index in [1.807, 2.05) is 0 Å². The lowest BCUT2D eigenvalue weighted by molar-refractivity contribution is -0.123. The molecule has 0 heterocycles. The maximum atomic E-state index is 10.9. The Morgan fingerprint density at radius 3 is 2.57 bits per heavy atom. The fourth-order valence-corrected chi connectivity index (χ4v) is 0.970. The van der Waals surface area contributed by atoms with E-state index < -0.39 is 11.1 Å². The fourth-order valence-electron chi connectivity index (χ4n) is 0.701. The summed E-state index contributed by atoms with van der Waals surface area (Å²) in [5.74, 6) is -0.639. The number of nitrogens with one attached hydrogen (secondary N) is 1. The molecule has 5 nitrogen and oxygen atoms in total. The van der Waals surface area contributed by atoms with E-state index in [0.29, 0.717) is 0 Å². The van der Waals surface area contributed by atoms with E-state index in [1.54, 1.807) is 0 Å². The minimum Gasteiger partial charge on any atom is -0.772 e. The summed E-state index contributed by atoms with van der Waals surface area (Å²) < 4.78 is 20.1. The molecule has 1 N–H and O–H groups in total. The summed E-state index contributed by atoms with van der Waals surface area (Å²) >= 11 is -2.14. The second kappa shape index (κ2) is 7.40. The van der Waals surface area contributed by atoms with Crippen molar-refractivity contribution >= 4 is 22.8 Å². The molecule has 80 valence electrons. The van der Waals surface area contributed by atoms with E-state index in [0.717, 1.165) is 6.08 Å². The molecular weight excluding hydrogens is 206 g/mol. The Hall–Kier alpha value is -1.01. The Bertz CT molecular complexity index is 252. The first-order chi connectivity index (χ1) is 6.56. The van der Waals surface area contributed by atoms with Gasteiger partial charge >= 0.3 is 0 Å². The molecular formula is C8H12NO4S-. The average Bonchev–Trinajstić information content (AvgIpc) is 2.13. The Balaban J connectivity index is 3.51. The third-order valence-electron chi connectivity index (χ3n) is 1.42. The first-order valence-corrected chi connectivity index (χ1v) is 5.28. The quantitative estimate of drug-likeness (QED) is 0.462. The maximum absolute atomic E-state index is 10.9. The van der Waals surface area contributed by atoms with Crippen LogP contribution in [-0.4, -0.2) is 32.7 Å². The summed E-state index contributed by atoms with van der Waals surface area (Å²) in [6.07, 6.45) is 1.33. The van der Waals surface area contributed by atoms with E-state index in [4.69, 9.17) is 0 Å². The van der Waals surface area contributed by atoms with Crippen LogP contribution in [0.15, 0.2) is 12.7 Å². The molecule has 1 unspecified atom stereocenters. The molecule has 0 fully saturated rings. The molecule has 0 radical (unpaired) electrons. The van der Waals surface area contributed by atoms with Crippen LogP contribution in [-0.2, 0) is 20.7 Å². The van der Waals surface area contributed by atoms with Gasteiger partial charge in [-0.05, 0) is 6.08 Å². The number of rotatable bonds is 7. The number of amides is 1. The van der Waals surface area contributed by atoms with Gasteiger partial charge in [0.25, 0.3) is 0 Å². The predicted molar refractivity (Wildman–Crippen MR) is 51.2 cm³/mol. The van der Waals surface area contributed by atoms with Crippen molar-refractivity contribution < 1.29 is 18.4 Å². The van der Waals surface area contributed by atoms with Crippen LogP contribution in [0.5, 0.6) is 0 Å². The summed E-state index contributed by atoms with van der Waals surface area (Å²) in [6, 6.07) is 0. The van der Waals surface area contributed by atoms with Gasteiger partial charge in [-0.15, -0.1) is 0 Å². The van der Waals surface area contributed by atoms with Gasteiger partial charge in [-0.2, -0.15) is 0 Å². The van der Waals surface area contributed by atoms with Gasteiger partial charge in [-0.25, -0.2) is 0 Å². The molecule has 0 bridgehead atoms. The van der Waals surface area contributed by atoms with Crippen LogP contribution >= 0.6 is 0 Å². The highest BCUT2D eigenvalue weighted by Gasteiger charge is 2.03. The highest BCUT2D eigenvalue weighted by atomic mass is 32.2. The fraction of sp³-hybridized carbons (Fsp3) is 0.500. The molecule has 1 atom stereocenters. The van der Waals surface area contributed by atoms with E-state index in [-0.39, 0.29) is 36.8 Å². The molecule has 0 spiro atoms. The molecule has 0 aliphatic carbocycles. The molecule has 6 heteroatoms. The average molecular weight is 218 g/mol. The van der Waals surface area contributed by atoms with Crippen LogP contribution in [0.1, 0.15) is 12.8 Å². The lowest BCUT2D eigenvalue weighted by Gasteiger charge is -2.06. The first-order valence-electron chi connectivity index (χ1n) is 4.04. The van der Waals surface area contributed by atoms with Crippen LogP contribution in [0.25, 0.3) is 0 Å². The normalized spacial score (nSPS) is 11.8. The molecule has 0 aromatic carbocycles. The van der Waals surface area contributed by atoms with Crippen molar-refractivity contribution in [3.05, 3.63) is 12.7 Å². The minimum atomic E-state index is -2.14.